The number of carbonyl (C=O) groups excluding carboxylic acids is 1. The highest BCUT2D eigenvalue weighted by Gasteiger charge is 2.42. The number of hydrogen-bond acceptors (Lipinski definition) is 6. The zero-order valence-corrected chi connectivity index (χ0v) is 13.3. The Balaban J connectivity index is 1.91. The highest BCUT2D eigenvalue weighted by atomic mass is 16.6. The first kappa shape index (κ1) is 15.6. The van der Waals surface area contributed by atoms with Crippen molar-refractivity contribution in [1.82, 2.24) is 0 Å². The molecule has 126 valence electrons. The van der Waals surface area contributed by atoms with Gasteiger partial charge < -0.3 is 10.5 Å². The minimum atomic E-state index is -0.732. The lowest BCUT2D eigenvalue weighted by Gasteiger charge is -2.25. The molecule has 1 heterocycles. The summed E-state index contributed by atoms with van der Waals surface area (Å²) < 4.78 is 5.61. The summed E-state index contributed by atoms with van der Waals surface area (Å²) >= 11 is 0. The van der Waals surface area contributed by atoms with Crippen LogP contribution in [0, 0.1) is 21.4 Å². The van der Waals surface area contributed by atoms with Crippen LogP contribution in [0.25, 0.3) is 5.76 Å². The third-order valence-corrected chi connectivity index (χ3v) is 4.52. The Bertz CT molecular complexity index is 1070. The van der Waals surface area contributed by atoms with Gasteiger partial charge in [0.15, 0.2) is 5.78 Å². The summed E-state index contributed by atoms with van der Waals surface area (Å²) in [6.07, 6.45) is 0. The summed E-state index contributed by atoms with van der Waals surface area (Å²) in [6, 6.07) is 14.7. The van der Waals surface area contributed by atoms with Crippen LogP contribution in [0.1, 0.15) is 27.4 Å². The number of carbonyl (C=O) groups is 1. The van der Waals surface area contributed by atoms with Crippen LogP contribution in [0.3, 0.4) is 0 Å². The first-order valence-corrected chi connectivity index (χ1v) is 7.73. The summed E-state index contributed by atoms with van der Waals surface area (Å²) in [7, 11) is 0. The number of nitriles is 1. The first-order chi connectivity index (χ1) is 12.5. The smallest absolute Gasteiger partial charge is 0.269 e. The number of benzene rings is 2. The average Bonchev–Trinajstić information content (AvgIpc) is 2.93. The van der Waals surface area contributed by atoms with E-state index in [2.05, 4.69) is 0 Å². The Morgan fingerprint density at radius 1 is 1.12 bits per heavy atom. The van der Waals surface area contributed by atoms with Gasteiger partial charge in [-0.25, -0.2) is 0 Å². The van der Waals surface area contributed by atoms with Gasteiger partial charge in [0, 0.05) is 23.3 Å². The van der Waals surface area contributed by atoms with E-state index in [1.807, 2.05) is 6.07 Å². The van der Waals surface area contributed by atoms with Crippen molar-refractivity contribution in [2.24, 2.45) is 5.73 Å². The second-order valence-electron chi connectivity index (χ2n) is 5.89. The standard InChI is InChI=1S/C19H11N3O4/c20-9-14-15(10-5-7-11(8-6-10)22(24)25)16-17(23)12-3-1-2-4-13(12)18(16)26-19(14)21/h1-8,15H,21H2. The number of allylic oxidation sites excluding steroid dienone is 2. The van der Waals surface area contributed by atoms with E-state index in [9.17, 15) is 20.2 Å². The maximum atomic E-state index is 12.9. The summed E-state index contributed by atoms with van der Waals surface area (Å²) in [6.45, 7) is 0. The first-order valence-electron chi connectivity index (χ1n) is 7.73. The van der Waals surface area contributed by atoms with Crippen LogP contribution in [-0.2, 0) is 4.74 Å². The van der Waals surface area contributed by atoms with Crippen molar-refractivity contribution in [3.63, 3.8) is 0 Å². The van der Waals surface area contributed by atoms with Crippen LogP contribution in [0.5, 0.6) is 0 Å². The topological polar surface area (TPSA) is 119 Å². The number of ether oxygens (including phenoxy) is 1. The molecule has 1 atom stereocenters. The molecule has 1 aliphatic carbocycles. The van der Waals surface area contributed by atoms with Gasteiger partial charge in [0.2, 0.25) is 5.88 Å². The number of Topliss-reactive ketones (excluding diaryl/α,β-unsaturated/α-hetero) is 1. The van der Waals surface area contributed by atoms with Gasteiger partial charge in [0.05, 0.1) is 16.4 Å². The summed E-state index contributed by atoms with van der Waals surface area (Å²) in [5.74, 6) is -0.701. The van der Waals surface area contributed by atoms with E-state index in [0.717, 1.165) is 0 Å². The van der Waals surface area contributed by atoms with Crippen molar-refractivity contribution < 1.29 is 14.5 Å². The normalized spacial score (nSPS) is 18.1. The molecule has 26 heavy (non-hydrogen) atoms. The number of fused-ring (bicyclic) bond motifs is 2. The molecule has 0 fully saturated rings. The predicted molar refractivity (Wildman–Crippen MR) is 91.4 cm³/mol. The van der Waals surface area contributed by atoms with E-state index in [0.29, 0.717) is 28.0 Å². The second kappa shape index (κ2) is 5.57. The molecule has 2 aliphatic rings. The van der Waals surface area contributed by atoms with E-state index in [-0.39, 0.29) is 22.9 Å². The summed E-state index contributed by atoms with van der Waals surface area (Å²) in [4.78, 5) is 23.3. The molecule has 0 aromatic heterocycles. The van der Waals surface area contributed by atoms with Gasteiger partial charge in [0.25, 0.3) is 5.69 Å². The van der Waals surface area contributed by atoms with E-state index >= 15 is 0 Å². The van der Waals surface area contributed by atoms with Crippen molar-refractivity contribution in [3.8, 4) is 6.07 Å². The molecule has 1 aliphatic heterocycles. The molecule has 0 radical (unpaired) electrons. The molecule has 0 spiro atoms. The van der Waals surface area contributed by atoms with Gasteiger partial charge in [-0.2, -0.15) is 5.26 Å². The number of nitro groups is 1. The Kier molecular flexibility index (Phi) is 3.34. The summed E-state index contributed by atoms with van der Waals surface area (Å²) in [5.41, 5.74) is 7.96. The fraction of sp³-hybridized carbons (Fsp3) is 0.0526. The fourth-order valence-corrected chi connectivity index (χ4v) is 3.34. The lowest BCUT2D eigenvalue weighted by atomic mass is 9.82. The Morgan fingerprint density at radius 2 is 1.77 bits per heavy atom. The molecule has 0 amide bonds. The fourth-order valence-electron chi connectivity index (χ4n) is 3.34. The van der Waals surface area contributed by atoms with Gasteiger partial charge in [-0.05, 0) is 5.56 Å². The van der Waals surface area contributed by atoms with Crippen LogP contribution < -0.4 is 5.73 Å². The van der Waals surface area contributed by atoms with Crippen molar-refractivity contribution in [2.75, 3.05) is 0 Å². The van der Waals surface area contributed by atoms with Gasteiger partial charge in [0.1, 0.15) is 17.4 Å². The molecule has 2 aromatic carbocycles. The Labute approximate surface area is 147 Å². The Hall–Kier alpha value is -3.92. The quantitative estimate of drug-likeness (QED) is 0.660. The third-order valence-electron chi connectivity index (χ3n) is 4.52. The second-order valence-corrected chi connectivity index (χ2v) is 5.89. The number of nitrogens with two attached hydrogens (primary N) is 1. The monoisotopic (exact) mass is 345 g/mol. The minimum Gasteiger partial charge on any atom is -0.439 e. The van der Waals surface area contributed by atoms with Gasteiger partial charge in [-0.15, -0.1) is 0 Å². The van der Waals surface area contributed by atoms with Crippen LogP contribution >= 0.6 is 0 Å². The van der Waals surface area contributed by atoms with Crippen LogP contribution in [0.4, 0.5) is 5.69 Å². The zero-order valence-electron chi connectivity index (χ0n) is 13.3. The third kappa shape index (κ3) is 2.09. The largest absolute Gasteiger partial charge is 0.439 e. The Morgan fingerprint density at radius 3 is 2.38 bits per heavy atom. The van der Waals surface area contributed by atoms with Crippen LogP contribution in [0.2, 0.25) is 0 Å². The maximum Gasteiger partial charge on any atom is 0.269 e. The molecule has 0 saturated carbocycles. The van der Waals surface area contributed by atoms with E-state index < -0.39 is 10.8 Å². The molecular formula is C19H11N3O4. The van der Waals surface area contributed by atoms with Gasteiger partial charge >= 0.3 is 0 Å². The zero-order chi connectivity index (χ0) is 18.4. The number of ketones is 1. The van der Waals surface area contributed by atoms with Crippen LogP contribution in [-0.4, -0.2) is 10.7 Å². The molecule has 1 unspecified atom stereocenters. The average molecular weight is 345 g/mol. The number of non-ortho nitro benzene ring substituents is 1. The molecule has 2 N–H and O–H groups in total. The van der Waals surface area contributed by atoms with E-state index in [1.54, 1.807) is 24.3 Å². The molecule has 0 saturated heterocycles. The molecular weight excluding hydrogens is 334 g/mol. The minimum absolute atomic E-state index is 0.0703. The van der Waals surface area contributed by atoms with Crippen molar-refractivity contribution >= 4 is 17.2 Å². The number of rotatable bonds is 2. The van der Waals surface area contributed by atoms with Crippen molar-refractivity contribution in [3.05, 3.63) is 92.4 Å². The lowest BCUT2D eigenvalue weighted by Crippen LogP contribution is -2.21. The van der Waals surface area contributed by atoms with E-state index in [4.69, 9.17) is 10.5 Å². The van der Waals surface area contributed by atoms with E-state index in [1.165, 1.54) is 24.3 Å². The number of hydrogen-bond donors (Lipinski definition) is 1. The molecule has 4 rings (SSSR count). The van der Waals surface area contributed by atoms with Gasteiger partial charge in [-0.1, -0.05) is 36.4 Å². The van der Waals surface area contributed by atoms with Gasteiger partial charge in [-0.3, -0.25) is 14.9 Å². The number of nitrogens with zero attached hydrogens (tertiary/aromatic N) is 2. The number of nitro benzene ring substituents is 1. The lowest BCUT2D eigenvalue weighted by molar-refractivity contribution is -0.384. The molecule has 7 nitrogen and oxygen atoms in total. The van der Waals surface area contributed by atoms with Crippen molar-refractivity contribution in [1.29, 1.82) is 5.26 Å². The SMILES string of the molecule is N#CC1=C(N)OC2=C(C(=O)c3ccccc32)C1c1ccc([N+](=O)[O-])cc1. The molecule has 7 heteroatoms. The highest BCUT2D eigenvalue weighted by molar-refractivity contribution is 6.21. The van der Waals surface area contributed by atoms with Crippen molar-refractivity contribution in [2.45, 2.75) is 5.92 Å². The molecule has 0 bridgehead atoms. The van der Waals surface area contributed by atoms with Crippen LogP contribution in [0.15, 0.2) is 65.6 Å². The predicted octanol–water partition coefficient (Wildman–Crippen LogP) is 3.01. The molecule has 2 aromatic rings. The summed E-state index contributed by atoms with van der Waals surface area (Å²) in [5, 5.41) is 20.4. The maximum absolute atomic E-state index is 12.9. The highest BCUT2D eigenvalue weighted by Crippen LogP contribution is 2.48.